The van der Waals surface area contributed by atoms with Crippen molar-refractivity contribution < 1.29 is 4.74 Å². The molecule has 0 saturated heterocycles. The average molecular weight is 297 g/mol. The van der Waals surface area contributed by atoms with Crippen LogP contribution in [0.3, 0.4) is 0 Å². The molecule has 0 atom stereocenters. The molecule has 0 bridgehead atoms. The summed E-state index contributed by atoms with van der Waals surface area (Å²) in [7, 11) is 1.59. The molecule has 0 N–H and O–H groups in total. The molecule has 5 heteroatoms. The lowest BCUT2D eigenvalue weighted by atomic mass is 10.0. The minimum atomic E-state index is 0.501. The molecule has 0 fully saturated rings. The van der Waals surface area contributed by atoms with E-state index in [4.69, 9.17) is 27.9 Å². The molecule has 0 aliphatic rings. The molecule has 0 radical (unpaired) electrons. The van der Waals surface area contributed by atoms with E-state index >= 15 is 0 Å². The first-order valence-corrected chi connectivity index (χ1v) is 6.76. The molecule has 1 aromatic heterocycles. The molecule has 100 valence electrons. The first kappa shape index (κ1) is 14.1. The fraction of sp³-hybridized carbons (Fsp3) is 0.286. The highest BCUT2D eigenvalue weighted by atomic mass is 35.5. The van der Waals surface area contributed by atoms with Gasteiger partial charge in [0.15, 0.2) is 0 Å². The van der Waals surface area contributed by atoms with Gasteiger partial charge in [0.25, 0.3) is 0 Å². The van der Waals surface area contributed by atoms with Crippen LogP contribution in [0.15, 0.2) is 24.5 Å². The fourth-order valence-corrected chi connectivity index (χ4v) is 2.34. The largest absolute Gasteiger partial charge is 0.495 e. The summed E-state index contributed by atoms with van der Waals surface area (Å²) >= 11 is 12.2. The number of ether oxygens (including phenoxy) is 1. The summed E-state index contributed by atoms with van der Waals surface area (Å²) in [5.74, 6) is 0.622. The summed E-state index contributed by atoms with van der Waals surface area (Å²) in [6.45, 7) is 2.09. The van der Waals surface area contributed by atoms with Crippen molar-refractivity contribution in [3.63, 3.8) is 0 Å². The van der Waals surface area contributed by atoms with Gasteiger partial charge in [0.1, 0.15) is 17.2 Å². The molecule has 19 heavy (non-hydrogen) atoms. The third-order valence-corrected chi connectivity index (χ3v) is 3.46. The number of aromatic nitrogens is 2. The summed E-state index contributed by atoms with van der Waals surface area (Å²) in [4.78, 5) is 8.38. The van der Waals surface area contributed by atoms with Crippen molar-refractivity contribution >= 4 is 23.2 Å². The summed E-state index contributed by atoms with van der Waals surface area (Å²) < 4.78 is 5.23. The van der Waals surface area contributed by atoms with Crippen LogP contribution < -0.4 is 4.74 Å². The Kier molecular flexibility index (Phi) is 4.61. The zero-order valence-electron chi connectivity index (χ0n) is 10.8. The Morgan fingerprint density at radius 1 is 1.21 bits per heavy atom. The Morgan fingerprint density at radius 3 is 2.68 bits per heavy atom. The van der Waals surface area contributed by atoms with E-state index in [9.17, 15) is 0 Å². The van der Waals surface area contributed by atoms with Crippen LogP contribution in [0.2, 0.25) is 10.2 Å². The molecular weight excluding hydrogens is 283 g/mol. The molecule has 0 spiro atoms. The quantitative estimate of drug-likeness (QED) is 0.784. The van der Waals surface area contributed by atoms with Crippen molar-refractivity contribution in [1.29, 1.82) is 0 Å². The SMILES string of the molecule is CCCc1c(Cl)ncnc1-c1ccc(Cl)c(OC)c1. The maximum atomic E-state index is 6.15. The third-order valence-electron chi connectivity index (χ3n) is 2.82. The Hall–Kier alpha value is -1.32. The minimum Gasteiger partial charge on any atom is -0.495 e. The lowest BCUT2D eigenvalue weighted by molar-refractivity contribution is 0.415. The maximum Gasteiger partial charge on any atom is 0.138 e. The van der Waals surface area contributed by atoms with E-state index in [1.54, 1.807) is 13.2 Å². The first-order chi connectivity index (χ1) is 9.17. The smallest absolute Gasteiger partial charge is 0.138 e. The molecule has 1 aromatic carbocycles. The van der Waals surface area contributed by atoms with E-state index < -0.39 is 0 Å². The van der Waals surface area contributed by atoms with E-state index in [1.807, 2.05) is 12.1 Å². The number of hydrogen-bond acceptors (Lipinski definition) is 3. The zero-order chi connectivity index (χ0) is 13.8. The van der Waals surface area contributed by atoms with Gasteiger partial charge in [0.05, 0.1) is 17.8 Å². The van der Waals surface area contributed by atoms with Crippen LogP contribution >= 0.6 is 23.2 Å². The Balaban J connectivity index is 2.55. The Bertz CT molecular complexity index is 588. The van der Waals surface area contributed by atoms with E-state index in [1.165, 1.54) is 6.33 Å². The third kappa shape index (κ3) is 2.99. The van der Waals surface area contributed by atoms with Crippen LogP contribution in [0.25, 0.3) is 11.3 Å². The average Bonchev–Trinajstić information content (AvgIpc) is 2.42. The monoisotopic (exact) mass is 296 g/mol. The fourth-order valence-electron chi connectivity index (χ4n) is 1.92. The standard InChI is InChI=1S/C14H14Cl2N2O/c1-3-4-10-13(17-8-18-14(10)16)9-5-6-11(15)12(7-9)19-2/h5-8H,3-4H2,1-2H3. The molecule has 3 nitrogen and oxygen atoms in total. The topological polar surface area (TPSA) is 35.0 Å². The van der Waals surface area contributed by atoms with Gasteiger partial charge in [-0.1, -0.05) is 42.6 Å². The van der Waals surface area contributed by atoms with E-state index in [0.29, 0.717) is 15.9 Å². The predicted molar refractivity (Wildman–Crippen MR) is 78.0 cm³/mol. The number of methoxy groups -OCH3 is 1. The molecule has 2 aromatic rings. The molecular formula is C14H14Cl2N2O. The van der Waals surface area contributed by atoms with Crippen molar-refractivity contribution in [1.82, 2.24) is 9.97 Å². The number of halogens is 2. The number of benzene rings is 1. The Labute approximate surface area is 122 Å². The molecule has 1 heterocycles. The van der Waals surface area contributed by atoms with Crippen molar-refractivity contribution in [2.45, 2.75) is 19.8 Å². The van der Waals surface area contributed by atoms with Crippen LogP contribution in [-0.2, 0) is 6.42 Å². The van der Waals surface area contributed by atoms with E-state index in [-0.39, 0.29) is 0 Å². The van der Waals surface area contributed by atoms with Gasteiger partial charge in [-0.05, 0) is 18.6 Å². The molecule has 0 aliphatic carbocycles. The first-order valence-electron chi connectivity index (χ1n) is 6.00. The number of rotatable bonds is 4. The number of hydrogen-bond donors (Lipinski definition) is 0. The van der Waals surface area contributed by atoms with Gasteiger partial charge in [0, 0.05) is 11.1 Å². The van der Waals surface area contributed by atoms with Gasteiger partial charge in [-0.2, -0.15) is 0 Å². The van der Waals surface area contributed by atoms with Gasteiger partial charge in [-0.3, -0.25) is 0 Å². The van der Waals surface area contributed by atoms with Gasteiger partial charge in [-0.15, -0.1) is 0 Å². The summed E-state index contributed by atoms with van der Waals surface area (Å²) in [5.41, 5.74) is 2.71. The zero-order valence-corrected chi connectivity index (χ0v) is 12.3. The van der Waals surface area contributed by atoms with Crippen LogP contribution in [0.4, 0.5) is 0 Å². The van der Waals surface area contributed by atoms with Crippen LogP contribution in [0.1, 0.15) is 18.9 Å². The van der Waals surface area contributed by atoms with Crippen molar-refractivity contribution in [3.8, 4) is 17.0 Å². The maximum absolute atomic E-state index is 6.15. The van der Waals surface area contributed by atoms with Crippen LogP contribution in [0.5, 0.6) is 5.75 Å². The van der Waals surface area contributed by atoms with E-state index in [2.05, 4.69) is 16.9 Å². The molecule has 0 unspecified atom stereocenters. The van der Waals surface area contributed by atoms with Crippen molar-refractivity contribution in [3.05, 3.63) is 40.3 Å². The van der Waals surface area contributed by atoms with Gasteiger partial charge in [0.2, 0.25) is 0 Å². The van der Waals surface area contributed by atoms with Crippen LogP contribution in [-0.4, -0.2) is 17.1 Å². The second-order valence-electron chi connectivity index (χ2n) is 4.09. The van der Waals surface area contributed by atoms with Gasteiger partial charge < -0.3 is 4.74 Å². The lowest BCUT2D eigenvalue weighted by Gasteiger charge is -2.11. The molecule has 2 rings (SSSR count). The second kappa shape index (κ2) is 6.22. The highest BCUT2D eigenvalue weighted by Crippen LogP contribution is 2.32. The Morgan fingerprint density at radius 2 is 2.00 bits per heavy atom. The lowest BCUT2D eigenvalue weighted by Crippen LogP contribution is -1.97. The van der Waals surface area contributed by atoms with Gasteiger partial charge >= 0.3 is 0 Å². The van der Waals surface area contributed by atoms with Crippen molar-refractivity contribution in [2.75, 3.05) is 7.11 Å². The van der Waals surface area contributed by atoms with Crippen LogP contribution in [0, 0.1) is 0 Å². The van der Waals surface area contributed by atoms with Gasteiger partial charge in [-0.25, -0.2) is 9.97 Å². The molecule has 0 aliphatic heterocycles. The second-order valence-corrected chi connectivity index (χ2v) is 4.86. The highest BCUT2D eigenvalue weighted by Gasteiger charge is 2.12. The summed E-state index contributed by atoms with van der Waals surface area (Å²) in [5, 5.41) is 1.07. The highest BCUT2D eigenvalue weighted by molar-refractivity contribution is 6.32. The summed E-state index contributed by atoms with van der Waals surface area (Å²) in [6, 6.07) is 5.56. The number of nitrogens with zero attached hydrogens (tertiary/aromatic N) is 2. The van der Waals surface area contributed by atoms with Crippen molar-refractivity contribution in [2.24, 2.45) is 0 Å². The summed E-state index contributed by atoms with van der Waals surface area (Å²) in [6.07, 6.45) is 3.28. The molecule has 0 amide bonds. The minimum absolute atomic E-state index is 0.501. The molecule has 0 saturated carbocycles. The predicted octanol–water partition coefficient (Wildman–Crippen LogP) is 4.41. The van der Waals surface area contributed by atoms with E-state index in [0.717, 1.165) is 29.7 Å². The normalized spacial score (nSPS) is 10.5.